The lowest BCUT2D eigenvalue weighted by Crippen LogP contribution is -2.45. The zero-order chi connectivity index (χ0) is 9.90. The van der Waals surface area contributed by atoms with E-state index in [4.69, 9.17) is 0 Å². The van der Waals surface area contributed by atoms with E-state index in [2.05, 4.69) is 10.6 Å². The van der Waals surface area contributed by atoms with E-state index in [0.29, 0.717) is 19.0 Å². The summed E-state index contributed by atoms with van der Waals surface area (Å²) in [6.07, 6.45) is 2.80. The lowest BCUT2D eigenvalue weighted by molar-refractivity contribution is 0.0581. The van der Waals surface area contributed by atoms with Crippen molar-refractivity contribution in [1.82, 2.24) is 10.6 Å². The Bertz CT molecular complexity index is 188. The maximum atomic E-state index is 11.1. The van der Waals surface area contributed by atoms with Crippen molar-refractivity contribution in [2.24, 2.45) is 0 Å². The summed E-state index contributed by atoms with van der Waals surface area (Å²) in [6, 6.07) is 0.197. The second-order valence-electron chi connectivity index (χ2n) is 3.95. The second kappa shape index (κ2) is 3.96. The van der Waals surface area contributed by atoms with Crippen LogP contribution >= 0.6 is 0 Å². The van der Waals surface area contributed by atoms with E-state index < -0.39 is 5.60 Å². The maximum absolute atomic E-state index is 11.1. The molecule has 4 nitrogen and oxygen atoms in total. The molecule has 2 amide bonds. The molecule has 0 bridgehead atoms. The molecule has 1 aliphatic carbocycles. The number of carbonyl (C=O) groups excluding carboxylic acids is 1. The molecule has 1 saturated carbocycles. The van der Waals surface area contributed by atoms with Gasteiger partial charge in [-0.15, -0.1) is 0 Å². The largest absolute Gasteiger partial charge is 0.388 e. The Morgan fingerprint density at radius 1 is 1.62 bits per heavy atom. The molecule has 0 saturated heterocycles. The van der Waals surface area contributed by atoms with Gasteiger partial charge in [0.2, 0.25) is 0 Å². The molecule has 4 heteroatoms. The number of aliphatic hydroxyl groups is 1. The topological polar surface area (TPSA) is 61.4 Å². The maximum Gasteiger partial charge on any atom is 0.315 e. The summed E-state index contributed by atoms with van der Waals surface area (Å²) in [7, 11) is 0. The van der Waals surface area contributed by atoms with Gasteiger partial charge in [-0.05, 0) is 26.2 Å². The number of hydrogen-bond acceptors (Lipinski definition) is 2. The Morgan fingerprint density at radius 3 is 2.69 bits per heavy atom. The van der Waals surface area contributed by atoms with Crippen LogP contribution in [0.2, 0.25) is 0 Å². The van der Waals surface area contributed by atoms with Gasteiger partial charge in [-0.25, -0.2) is 4.79 Å². The smallest absolute Gasteiger partial charge is 0.315 e. The normalized spacial score (nSPS) is 20.5. The van der Waals surface area contributed by atoms with E-state index >= 15 is 0 Å². The molecule has 1 fully saturated rings. The van der Waals surface area contributed by atoms with Crippen LogP contribution in [-0.2, 0) is 0 Å². The predicted molar refractivity (Wildman–Crippen MR) is 50.5 cm³/mol. The molecular formula is C9H18N2O2. The quantitative estimate of drug-likeness (QED) is 0.602. The minimum absolute atomic E-state index is 0.170. The molecule has 76 valence electrons. The van der Waals surface area contributed by atoms with E-state index in [1.165, 1.54) is 0 Å². The fraction of sp³-hybridized carbons (Fsp3) is 0.889. The monoisotopic (exact) mass is 186 g/mol. The van der Waals surface area contributed by atoms with E-state index in [0.717, 1.165) is 12.8 Å². The molecule has 3 N–H and O–H groups in total. The Hall–Kier alpha value is -0.770. The first-order valence-corrected chi connectivity index (χ1v) is 4.80. The standard InChI is InChI=1S/C9H18N2O2/c1-3-9(2,13)6-10-8(12)11-7-4-5-7/h7,13H,3-6H2,1-2H3,(H2,10,11,12). The fourth-order valence-corrected chi connectivity index (χ4v) is 0.860. The van der Waals surface area contributed by atoms with Crippen molar-refractivity contribution in [3.05, 3.63) is 0 Å². The molecule has 0 aromatic heterocycles. The molecule has 0 heterocycles. The van der Waals surface area contributed by atoms with Crippen LogP contribution in [0.4, 0.5) is 4.79 Å². The van der Waals surface area contributed by atoms with Crippen LogP contribution in [0, 0.1) is 0 Å². The minimum atomic E-state index is -0.791. The number of rotatable bonds is 4. The molecule has 1 rings (SSSR count). The van der Waals surface area contributed by atoms with Crippen LogP contribution in [0.3, 0.4) is 0 Å². The van der Waals surface area contributed by atoms with E-state index in [1.54, 1.807) is 6.92 Å². The summed E-state index contributed by atoms with van der Waals surface area (Å²) in [5, 5.41) is 15.0. The van der Waals surface area contributed by atoms with Crippen LogP contribution < -0.4 is 10.6 Å². The van der Waals surface area contributed by atoms with Gasteiger partial charge in [0.05, 0.1) is 5.60 Å². The third-order valence-electron chi connectivity index (χ3n) is 2.30. The van der Waals surface area contributed by atoms with Gasteiger partial charge in [-0.1, -0.05) is 6.92 Å². The van der Waals surface area contributed by atoms with Gasteiger partial charge in [0.1, 0.15) is 0 Å². The minimum Gasteiger partial charge on any atom is -0.388 e. The Kier molecular flexibility index (Phi) is 3.14. The van der Waals surface area contributed by atoms with Crippen molar-refractivity contribution in [3.8, 4) is 0 Å². The second-order valence-corrected chi connectivity index (χ2v) is 3.95. The summed E-state index contributed by atoms with van der Waals surface area (Å²) in [6.45, 7) is 3.91. The molecule has 0 spiro atoms. The molecule has 0 aliphatic heterocycles. The van der Waals surface area contributed by atoms with Crippen molar-refractivity contribution in [2.75, 3.05) is 6.54 Å². The number of carbonyl (C=O) groups is 1. The molecule has 1 unspecified atom stereocenters. The highest BCUT2D eigenvalue weighted by Gasteiger charge is 2.24. The van der Waals surface area contributed by atoms with E-state index in [-0.39, 0.29) is 6.03 Å². The fourth-order valence-electron chi connectivity index (χ4n) is 0.860. The van der Waals surface area contributed by atoms with Gasteiger partial charge in [-0.3, -0.25) is 0 Å². The van der Waals surface area contributed by atoms with Crippen molar-refractivity contribution in [1.29, 1.82) is 0 Å². The van der Waals surface area contributed by atoms with Gasteiger partial charge in [0, 0.05) is 12.6 Å². The SMILES string of the molecule is CCC(C)(O)CNC(=O)NC1CC1. The van der Waals surface area contributed by atoms with E-state index in [9.17, 15) is 9.90 Å². The third kappa shape index (κ3) is 4.12. The summed E-state index contributed by atoms with van der Waals surface area (Å²) >= 11 is 0. The highest BCUT2D eigenvalue weighted by molar-refractivity contribution is 5.74. The summed E-state index contributed by atoms with van der Waals surface area (Å²) in [5.41, 5.74) is -0.791. The van der Waals surface area contributed by atoms with Crippen molar-refractivity contribution in [2.45, 2.75) is 44.8 Å². The first-order valence-electron chi connectivity index (χ1n) is 4.80. The Labute approximate surface area is 78.7 Å². The van der Waals surface area contributed by atoms with Crippen molar-refractivity contribution >= 4 is 6.03 Å². The average molecular weight is 186 g/mol. The van der Waals surface area contributed by atoms with Gasteiger partial charge < -0.3 is 15.7 Å². The highest BCUT2D eigenvalue weighted by atomic mass is 16.3. The van der Waals surface area contributed by atoms with Crippen molar-refractivity contribution < 1.29 is 9.90 Å². The third-order valence-corrected chi connectivity index (χ3v) is 2.30. The van der Waals surface area contributed by atoms with Crippen LogP contribution in [0.25, 0.3) is 0 Å². The molecule has 0 aromatic carbocycles. The first-order chi connectivity index (χ1) is 6.03. The van der Waals surface area contributed by atoms with Crippen LogP contribution in [0.15, 0.2) is 0 Å². The van der Waals surface area contributed by atoms with Crippen LogP contribution in [-0.4, -0.2) is 29.3 Å². The summed E-state index contributed by atoms with van der Waals surface area (Å²) in [5.74, 6) is 0. The van der Waals surface area contributed by atoms with Gasteiger partial charge in [0.15, 0.2) is 0 Å². The zero-order valence-corrected chi connectivity index (χ0v) is 8.26. The lowest BCUT2D eigenvalue weighted by Gasteiger charge is -2.21. The zero-order valence-electron chi connectivity index (χ0n) is 8.26. The number of nitrogens with one attached hydrogen (secondary N) is 2. The number of amides is 2. The Balaban J connectivity index is 2.13. The van der Waals surface area contributed by atoms with Crippen LogP contribution in [0.5, 0.6) is 0 Å². The molecule has 0 aromatic rings. The predicted octanol–water partition coefficient (Wildman–Crippen LogP) is 0.609. The molecule has 0 radical (unpaired) electrons. The van der Waals surface area contributed by atoms with Crippen LogP contribution in [0.1, 0.15) is 33.1 Å². The summed E-state index contributed by atoms with van der Waals surface area (Å²) in [4.78, 5) is 11.1. The Morgan fingerprint density at radius 2 is 2.23 bits per heavy atom. The molecule has 13 heavy (non-hydrogen) atoms. The molecule has 1 aliphatic rings. The molecule has 1 atom stereocenters. The van der Waals surface area contributed by atoms with Crippen molar-refractivity contribution in [3.63, 3.8) is 0 Å². The number of hydrogen-bond donors (Lipinski definition) is 3. The van der Waals surface area contributed by atoms with Gasteiger partial charge >= 0.3 is 6.03 Å². The highest BCUT2D eigenvalue weighted by Crippen LogP contribution is 2.18. The summed E-state index contributed by atoms with van der Waals surface area (Å²) < 4.78 is 0. The average Bonchev–Trinajstić information content (AvgIpc) is 2.85. The van der Waals surface area contributed by atoms with E-state index in [1.807, 2.05) is 6.92 Å². The van der Waals surface area contributed by atoms with Gasteiger partial charge in [-0.2, -0.15) is 0 Å². The molecular weight excluding hydrogens is 168 g/mol. The first kappa shape index (κ1) is 10.3. The van der Waals surface area contributed by atoms with Gasteiger partial charge in [0.25, 0.3) is 0 Å². The number of urea groups is 1. The lowest BCUT2D eigenvalue weighted by atomic mass is 10.0.